The molecule has 0 spiro atoms. The number of benzene rings is 1. The smallest absolute Gasteiger partial charge is 0.253 e. The molecule has 2 rings (SSSR count). The van der Waals surface area contributed by atoms with Crippen LogP contribution in [0.25, 0.3) is 0 Å². The van der Waals surface area contributed by atoms with Crippen LogP contribution in [0, 0.1) is 5.41 Å². The predicted molar refractivity (Wildman–Crippen MR) is 69.2 cm³/mol. The van der Waals surface area contributed by atoms with Crippen LogP contribution in [0.1, 0.15) is 23.2 Å². The van der Waals surface area contributed by atoms with Gasteiger partial charge < -0.3 is 16.4 Å². The molecule has 5 heteroatoms. The largest absolute Gasteiger partial charge is 0.355 e. The van der Waals surface area contributed by atoms with E-state index in [0.29, 0.717) is 17.8 Å². The average molecular weight is 247 g/mol. The van der Waals surface area contributed by atoms with Crippen molar-refractivity contribution < 1.29 is 9.59 Å². The summed E-state index contributed by atoms with van der Waals surface area (Å²) in [7, 11) is 1.56. The van der Waals surface area contributed by atoms with Crippen LogP contribution in [0.15, 0.2) is 24.3 Å². The van der Waals surface area contributed by atoms with Gasteiger partial charge in [0.05, 0.1) is 16.7 Å². The van der Waals surface area contributed by atoms with Crippen LogP contribution in [-0.2, 0) is 4.79 Å². The fourth-order valence-corrected chi connectivity index (χ4v) is 1.85. The maximum atomic E-state index is 12.1. The lowest BCUT2D eigenvalue weighted by Gasteiger charge is -2.15. The van der Waals surface area contributed by atoms with Crippen LogP contribution in [-0.4, -0.2) is 25.4 Å². The Morgan fingerprint density at radius 1 is 1.33 bits per heavy atom. The Morgan fingerprint density at radius 2 is 2.00 bits per heavy atom. The fourth-order valence-electron chi connectivity index (χ4n) is 1.85. The van der Waals surface area contributed by atoms with Crippen molar-refractivity contribution >= 4 is 17.5 Å². The number of rotatable bonds is 4. The molecule has 1 aromatic rings. The first kappa shape index (κ1) is 12.6. The highest BCUT2D eigenvalue weighted by atomic mass is 16.2. The summed E-state index contributed by atoms with van der Waals surface area (Å²) in [6.45, 7) is 0.348. The highest BCUT2D eigenvalue weighted by Crippen LogP contribution is 2.45. The van der Waals surface area contributed by atoms with Crippen LogP contribution in [0.5, 0.6) is 0 Å². The number of carbonyl (C=O) groups excluding carboxylic acids is 2. The molecule has 96 valence electrons. The van der Waals surface area contributed by atoms with Gasteiger partial charge in [-0.05, 0) is 25.0 Å². The zero-order chi connectivity index (χ0) is 13.2. The Morgan fingerprint density at radius 3 is 2.56 bits per heavy atom. The Balaban J connectivity index is 2.19. The van der Waals surface area contributed by atoms with E-state index in [1.54, 1.807) is 31.3 Å². The summed E-state index contributed by atoms with van der Waals surface area (Å²) in [5.41, 5.74) is 6.18. The van der Waals surface area contributed by atoms with Crippen molar-refractivity contribution in [2.24, 2.45) is 11.1 Å². The maximum absolute atomic E-state index is 12.1. The van der Waals surface area contributed by atoms with E-state index in [1.807, 2.05) is 0 Å². The summed E-state index contributed by atoms with van der Waals surface area (Å²) in [4.78, 5) is 23.7. The van der Waals surface area contributed by atoms with Crippen molar-refractivity contribution in [3.8, 4) is 0 Å². The third-order valence-electron chi connectivity index (χ3n) is 3.37. The van der Waals surface area contributed by atoms with Crippen molar-refractivity contribution in [3.63, 3.8) is 0 Å². The Bertz CT molecular complexity index is 481. The van der Waals surface area contributed by atoms with Crippen LogP contribution >= 0.6 is 0 Å². The molecular weight excluding hydrogens is 230 g/mol. The van der Waals surface area contributed by atoms with Gasteiger partial charge in [0, 0.05) is 13.6 Å². The summed E-state index contributed by atoms with van der Waals surface area (Å²) in [6, 6.07) is 6.94. The number of anilines is 1. The van der Waals surface area contributed by atoms with Crippen LogP contribution < -0.4 is 16.4 Å². The molecule has 2 amide bonds. The van der Waals surface area contributed by atoms with E-state index in [2.05, 4.69) is 10.6 Å². The van der Waals surface area contributed by atoms with Gasteiger partial charge in [0.2, 0.25) is 5.91 Å². The fraction of sp³-hybridized carbons (Fsp3) is 0.385. The minimum atomic E-state index is -0.421. The third-order valence-corrected chi connectivity index (χ3v) is 3.37. The van der Waals surface area contributed by atoms with E-state index in [4.69, 9.17) is 5.73 Å². The van der Waals surface area contributed by atoms with Gasteiger partial charge in [0.15, 0.2) is 0 Å². The number of amides is 2. The van der Waals surface area contributed by atoms with Crippen LogP contribution in [0.2, 0.25) is 0 Å². The zero-order valence-corrected chi connectivity index (χ0v) is 10.3. The summed E-state index contributed by atoms with van der Waals surface area (Å²) in [5, 5.41) is 5.35. The monoisotopic (exact) mass is 247 g/mol. The lowest BCUT2D eigenvalue weighted by molar-refractivity contribution is -0.120. The van der Waals surface area contributed by atoms with Crippen LogP contribution in [0.4, 0.5) is 5.69 Å². The molecule has 0 unspecified atom stereocenters. The molecule has 1 saturated carbocycles. The Labute approximate surface area is 106 Å². The first-order chi connectivity index (χ1) is 8.63. The van der Waals surface area contributed by atoms with Gasteiger partial charge in [-0.25, -0.2) is 0 Å². The second-order valence-corrected chi connectivity index (χ2v) is 4.56. The zero-order valence-electron chi connectivity index (χ0n) is 10.3. The number of nitrogens with one attached hydrogen (secondary N) is 2. The molecule has 1 fully saturated rings. The second kappa shape index (κ2) is 4.78. The summed E-state index contributed by atoms with van der Waals surface area (Å²) in [5.74, 6) is -0.315. The molecule has 0 atom stereocenters. The van der Waals surface area contributed by atoms with Gasteiger partial charge in [-0.1, -0.05) is 12.1 Å². The Hall–Kier alpha value is -1.88. The molecule has 1 aliphatic carbocycles. The topological polar surface area (TPSA) is 84.2 Å². The summed E-state index contributed by atoms with van der Waals surface area (Å²) >= 11 is 0. The summed E-state index contributed by atoms with van der Waals surface area (Å²) in [6.07, 6.45) is 1.63. The van der Waals surface area contributed by atoms with Crippen molar-refractivity contribution in [3.05, 3.63) is 29.8 Å². The van der Waals surface area contributed by atoms with Crippen molar-refractivity contribution in [1.82, 2.24) is 5.32 Å². The third kappa shape index (κ3) is 2.22. The molecule has 0 aromatic heterocycles. The molecule has 4 N–H and O–H groups in total. The molecule has 0 heterocycles. The van der Waals surface area contributed by atoms with E-state index in [0.717, 1.165) is 12.8 Å². The molecule has 0 aliphatic heterocycles. The van der Waals surface area contributed by atoms with Gasteiger partial charge in [-0.15, -0.1) is 0 Å². The minimum Gasteiger partial charge on any atom is -0.355 e. The van der Waals surface area contributed by atoms with E-state index >= 15 is 0 Å². The lowest BCUT2D eigenvalue weighted by atomic mass is 10.1. The number of hydrogen-bond donors (Lipinski definition) is 3. The Kier molecular flexibility index (Phi) is 3.34. The summed E-state index contributed by atoms with van der Waals surface area (Å²) < 4.78 is 0. The van der Waals surface area contributed by atoms with Crippen molar-refractivity contribution in [1.29, 1.82) is 0 Å². The molecule has 1 aliphatic rings. The van der Waals surface area contributed by atoms with Gasteiger partial charge in [0.25, 0.3) is 5.91 Å². The molecule has 0 radical (unpaired) electrons. The highest BCUT2D eigenvalue weighted by Gasteiger charge is 2.48. The first-order valence-electron chi connectivity index (χ1n) is 5.95. The van der Waals surface area contributed by atoms with Gasteiger partial charge in [0.1, 0.15) is 0 Å². The number of hydrogen-bond acceptors (Lipinski definition) is 3. The van der Waals surface area contributed by atoms with Crippen molar-refractivity contribution in [2.75, 3.05) is 18.9 Å². The first-order valence-corrected chi connectivity index (χ1v) is 5.95. The standard InChI is InChI=1S/C13H17N3O2/c1-15-11(17)9-4-2-3-5-10(9)16-12(18)13(8-14)6-7-13/h2-5H,6-8,14H2,1H3,(H,15,17)(H,16,18). The minimum absolute atomic E-state index is 0.0960. The molecule has 18 heavy (non-hydrogen) atoms. The quantitative estimate of drug-likeness (QED) is 0.733. The number of nitrogens with two attached hydrogens (primary N) is 1. The molecule has 0 bridgehead atoms. The number of carbonyl (C=O) groups is 2. The molecule has 0 saturated heterocycles. The normalized spacial score (nSPS) is 15.9. The van der Waals surface area contributed by atoms with E-state index in [-0.39, 0.29) is 11.8 Å². The van der Waals surface area contributed by atoms with Gasteiger partial charge in [-0.2, -0.15) is 0 Å². The van der Waals surface area contributed by atoms with E-state index < -0.39 is 5.41 Å². The van der Waals surface area contributed by atoms with Crippen molar-refractivity contribution in [2.45, 2.75) is 12.8 Å². The number of para-hydroxylation sites is 1. The second-order valence-electron chi connectivity index (χ2n) is 4.56. The molecule has 1 aromatic carbocycles. The maximum Gasteiger partial charge on any atom is 0.253 e. The molecule has 5 nitrogen and oxygen atoms in total. The predicted octanol–water partition coefficient (Wildman–Crippen LogP) is 0.724. The van der Waals surface area contributed by atoms with E-state index in [1.165, 1.54) is 0 Å². The van der Waals surface area contributed by atoms with Gasteiger partial charge >= 0.3 is 0 Å². The SMILES string of the molecule is CNC(=O)c1ccccc1NC(=O)C1(CN)CC1. The van der Waals surface area contributed by atoms with Crippen LogP contribution in [0.3, 0.4) is 0 Å². The van der Waals surface area contributed by atoms with Gasteiger partial charge in [-0.3, -0.25) is 9.59 Å². The average Bonchev–Trinajstić information content (AvgIpc) is 3.19. The molecular formula is C13H17N3O2. The lowest BCUT2D eigenvalue weighted by Crippen LogP contribution is -2.31. The van der Waals surface area contributed by atoms with E-state index in [9.17, 15) is 9.59 Å². The highest BCUT2D eigenvalue weighted by molar-refractivity contribution is 6.05.